The van der Waals surface area contributed by atoms with Crippen LogP contribution in [0.2, 0.25) is 0 Å². The van der Waals surface area contributed by atoms with Crippen LogP contribution >= 0.6 is 0 Å². The third-order valence-electron chi connectivity index (χ3n) is 3.91. The van der Waals surface area contributed by atoms with Gasteiger partial charge in [0.1, 0.15) is 0 Å². The predicted molar refractivity (Wildman–Crippen MR) is 80.0 cm³/mol. The van der Waals surface area contributed by atoms with Crippen LogP contribution in [-0.4, -0.2) is 45.6 Å². The van der Waals surface area contributed by atoms with Crippen LogP contribution in [-0.2, 0) is 0 Å². The number of aliphatic hydroxyl groups is 2. The molecule has 0 aromatic heterocycles. The Morgan fingerprint density at radius 3 is 1.36 bits per heavy atom. The highest BCUT2D eigenvalue weighted by Crippen LogP contribution is 2.28. The second-order valence-corrected chi connectivity index (χ2v) is 5.36. The first kappa shape index (κ1) is 18.1. The van der Waals surface area contributed by atoms with E-state index in [2.05, 4.69) is 0 Å². The first-order valence-corrected chi connectivity index (χ1v) is 7.28. The van der Waals surface area contributed by atoms with Gasteiger partial charge in [-0.15, -0.1) is 0 Å². The van der Waals surface area contributed by atoms with Crippen molar-refractivity contribution in [2.45, 2.75) is 25.7 Å². The van der Waals surface area contributed by atoms with E-state index in [1.807, 2.05) is 0 Å². The van der Waals surface area contributed by atoms with E-state index < -0.39 is 11.9 Å². The Morgan fingerprint density at radius 1 is 0.818 bits per heavy atom. The van der Waals surface area contributed by atoms with Gasteiger partial charge in [-0.2, -0.15) is 0 Å². The number of rotatable bonds is 4. The van der Waals surface area contributed by atoms with Crippen LogP contribution in [0.3, 0.4) is 0 Å². The summed E-state index contributed by atoms with van der Waals surface area (Å²) in [4.78, 5) is 20.7. The molecule has 2 atom stereocenters. The fraction of sp³-hybridized carbons (Fsp3) is 0.500. The summed E-state index contributed by atoms with van der Waals surface area (Å²) in [6.07, 6.45) is 4.65. The molecule has 1 aliphatic carbocycles. The highest BCUT2D eigenvalue weighted by molar-refractivity contribution is 5.91. The monoisotopic (exact) mass is 310 g/mol. The number of carbonyl (C=O) groups is 2. The Morgan fingerprint density at radius 2 is 1.14 bits per heavy atom. The van der Waals surface area contributed by atoms with Crippen LogP contribution < -0.4 is 0 Å². The second kappa shape index (κ2) is 9.17. The number of carboxylic acid groups (broad SMARTS) is 2. The fourth-order valence-electron chi connectivity index (χ4n) is 2.52. The molecule has 1 fully saturated rings. The van der Waals surface area contributed by atoms with E-state index in [9.17, 15) is 9.59 Å². The third kappa shape index (κ3) is 5.46. The smallest absolute Gasteiger partial charge is 0.335 e. The van der Waals surface area contributed by atoms with Gasteiger partial charge in [-0.3, -0.25) is 0 Å². The Bertz CT molecular complexity index is 437. The average molecular weight is 310 g/mol. The molecule has 4 N–H and O–H groups in total. The Kier molecular flexibility index (Phi) is 7.56. The fourth-order valence-corrected chi connectivity index (χ4v) is 2.52. The molecule has 0 bridgehead atoms. The van der Waals surface area contributed by atoms with Gasteiger partial charge >= 0.3 is 11.9 Å². The Hall–Kier alpha value is -1.92. The number of hydrogen-bond donors (Lipinski definition) is 4. The standard InChI is InChI=1S/C8H6O4.C8H16O2/c9-7(10)5-1-2-6(4-3-5)8(11)12;9-5-7-3-1-2-4-8(7)6-10/h1-4H,(H,9,10)(H,11,12);7-10H,1-6H2. The molecule has 0 radical (unpaired) electrons. The summed E-state index contributed by atoms with van der Waals surface area (Å²) in [5, 5.41) is 34.7. The second-order valence-electron chi connectivity index (χ2n) is 5.36. The maximum atomic E-state index is 10.3. The summed E-state index contributed by atoms with van der Waals surface area (Å²) in [5.74, 6) is -1.38. The highest BCUT2D eigenvalue weighted by atomic mass is 16.4. The number of benzene rings is 1. The van der Waals surface area contributed by atoms with Crippen LogP contribution in [0.1, 0.15) is 46.4 Å². The van der Waals surface area contributed by atoms with Crippen molar-refractivity contribution in [1.82, 2.24) is 0 Å². The minimum Gasteiger partial charge on any atom is -0.478 e. The third-order valence-corrected chi connectivity index (χ3v) is 3.91. The molecule has 1 saturated carbocycles. The molecule has 122 valence electrons. The van der Waals surface area contributed by atoms with Crippen molar-refractivity contribution >= 4 is 11.9 Å². The molecule has 1 aromatic carbocycles. The van der Waals surface area contributed by atoms with Gasteiger partial charge < -0.3 is 20.4 Å². The van der Waals surface area contributed by atoms with E-state index in [1.165, 1.54) is 37.1 Å². The maximum Gasteiger partial charge on any atom is 0.335 e. The first-order chi connectivity index (χ1) is 10.5. The van der Waals surface area contributed by atoms with Crippen LogP contribution in [0.15, 0.2) is 24.3 Å². The summed E-state index contributed by atoms with van der Waals surface area (Å²) < 4.78 is 0. The molecule has 1 aliphatic rings. The van der Waals surface area contributed by atoms with Crippen molar-refractivity contribution < 1.29 is 30.0 Å². The van der Waals surface area contributed by atoms with Gasteiger partial charge in [-0.05, 0) is 48.9 Å². The van der Waals surface area contributed by atoms with Gasteiger partial charge in [0.05, 0.1) is 11.1 Å². The molecular weight excluding hydrogens is 288 g/mol. The Labute approximate surface area is 129 Å². The molecule has 0 amide bonds. The molecular formula is C16H22O6. The zero-order valence-corrected chi connectivity index (χ0v) is 12.3. The van der Waals surface area contributed by atoms with Crippen LogP contribution in [0.25, 0.3) is 0 Å². The van der Waals surface area contributed by atoms with Gasteiger partial charge in [-0.25, -0.2) is 9.59 Å². The van der Waals surface area contributed by atoms with Crippen molar-refractivity contribution in [1.29, 1.82) is 0 Å². The van der Waals surface area contributed by atoms with E-state index in [0.717, 1.165) is 12.8 Å². The zero-order chi connectivity index (χ0) is 16.5. The minimum absolute atomic E-state index is 0.0833. The lowest BCUT2D eigenvalue weighted by Crippen LogP contribution is -2.25. The molecule has 2 rings (SSSR count). The number of aliphatic hydroxyl groups excluding tert-OH is 2. The summed E-state index contributed by atoms with van der Waals surface area (Å²) in [7, 11) is 0. The van der Waals surface area contributed by atoms with E-state index in [-0.39, 0.29) is 24.3 Å². The quantitative estimate of drug-likeness (QED) is 0.675. The lowest BCUT2D eigenvalue weighted by atomic mass is 9.80. The molecule has 6 nitrogen and oxygen atoms in total. The molecule has 0 saturated heterocycles. The molecule has 0 heterocycles. The van der Waals surface area contributed by atoms with Crippen molar-refractivity contribution in [3.8, 4) is 0 Å². The van der Waals surface area contributed by atoms with E-state index >= 15 is 0 Å². The van der Waals surface area contributed by atoms with Crippen LogP contribution in [0.4, 0.5) is 0 Å². The van der Waals surface area contributed by atoms with Crippen molar-refractivity contribution in [2.75, 3.05) is 13.2 Å². The van der Waals surface area contributed by atoms with Gasteiger partial charge in [0.15, 0.2) is 0 Å². The molecule has 0 aliphatic heterocycles. The topological polar surface area (TPSA) is 115 Å². The zero-order valence-electron chi connectivity index (χ0n) is 12.3. The van der Waals surface area contributed by atoms with Gasteiger partial charge in [-0.1, -0.05) is 12.8 Å². The highest BCUT2D eigenvalue weighted by Gasteiger charge is 2.23. The van der Waals surface area contributed by atoms with Crippen LogP contribution in [0.5, 0.6) is 0 Å². The van der Waals surface area contributed by atoms with E-state index in [1.54, 1.807) is 0 Å². The summed E-state index contributed by atoms with van der Waals surface area (Å²) in [5.41, 5.74) is 0.167. The van der Waals surface area contributed by atoms with Gasteiger partial charge in [0.2, 0.25) is 0 Å². The number of carboxylic acids is 2. The maximum absolute atomic E-state index is 10.3. The molecule has 1 aromatic rings. The summed E-state index contributed by atoms with van der Waals surface area (Å²) in [6, 6.07) is 5.02. The van der Waals surface area contributed by atoms with Crippen LogP contribution in [0, 0.1) is 11.8 Å². The molecule has 2 unspecified atom stereocenters. The lowest BCUT2D eigenvalue weighted by Gasteiger charge is -2.28. The summed E-state index contributed by atoms with van der Waals surface area (Å²) in [6.45, 7) is 0.510. The van der Waals surface area contributed by atoms with Gasteiger partial charge in [0, 0.05) is 13.2 Å². The summed E-state index contributed by atoms with van der Waals surface area (Å²) >= 11 is 0. The van der Waals surface area contributed by atoms with Gasteiger partial charge in [0.25, 0.3) is 0 Å². The lowest BCUT2D eigenvalue weighted by molar-refractivity contribution is 0.0681. The number of hydrogen-bond acceptors (Lipinski definition) is 4. The van der Waals surface area contributed by atoms with E-state index in [0.29, 0.717) is 11.8 Å². The number of aromatic carboxylic acids is 2. The van der Waals surface area contributed by atoms with Crippen molar-refractivity contribution in [3.05, 3.63) is 35.4 Å². The largest absolute Gasteiger partial charge is 0.478 e. The van der Waals surface area contributed by atoms with E-state index in [4.69, 9.17) is 20.4 Å². The predicted octanol–water partition coefficient (Wildman–Crippen LogP) is 1.86. The van der Waals surface area contributed by atoms with Crippen molar-refractivity contribution in [3.63, 3.8) is 0 Å². The normalized spacial score (nSPS) is 20.6. The SMILES string of the molecule is O=C(O)c1ccc(C(=O)O)cc1.OCC1CCCCC1CO. The first-order valence-electron chi connectivity index (χ1n) is 7.28. The molecule has 0 spiro atoms. The van der Waals surface area contributed by atoms with Crippen molar-refractivity contribution in [2.24, 2.45) is 11.8 Å². The average Bonchev–Trinajstić information content (AvgIpc) is 2.55. The molecule has 6 heteroatoms. The minimum atomic E-state index is -1.06. The Balaban J connectivity index is 0.000000224. The molecule has 22 heavy (non-hydrogen) atoms.